The van der Waals surface area contributed by atoms with Crippen molar-refractivity contribution < 1.29 is 0 Å². The van der Waals surface area contributed by atoms with Crippen LogP contribution in [0.2, 0.25) is 5.02 Å². The van der Waals surface area contributed by atoms with E-state index >= 15 is 0 Å². The molecule has 2 aromatic rings. The van der Waals surface area contributed by atoms with Gasteiger partial charge >= 0.3 is 0 Å². The summed E-state index contributed by atoms with van der Waals surface area (Å²) in [6.45, 7) is 0. The van der Waals surface area contributed by atoms with Crippen LogP contribution in [0.25, 0.3) is 0 Å². The second-order valence-corrected chi connectivity index (χ2v) is 6.90. The third kappa shape index (κ3) is 3.25. The van der Waals surface area contributed by atoms with Crippen molar-refractivity contribution in [2.75, 3.05) is 0 Å². The van der Waals surface area contributed by atoms with Gasteiger partial charge in [-0.25, -0.2) is 0 Å². The molecule has 0 saturated carbocycles. The Morgan fingerprint density at radius 1 is 1.20 bits per heavy atom. The lowest BCUT2D eigenvalue weighted by molar-refractivity contribution is 1.43. The van der Waals surface area contributed by atoms with E-state index in [0.717, 1.165) is 15.7 Å². The first-order valence-corrected chi connectivity index (χ1v) is 7.34. The van der Waals surface area contributed by atoms with E-state index in [-0.39, 0.29) is 0 Å². The van der Waals surface area contributed by atoms with Crippen LogP contribution in [0.15, 0.2) is 45.1 Å². The summed E-state index contributed by atoms with van der Waals surface area (Å²) in [5.74, 6) is 0.972. The monoisotopic (exact) mass is 318 g/mol. The molecule has 15 heavy (non-hydrogen) atoms. The van der Waals surface area contributed by atoms with Crippen LogP contribution in [0.3, 0.4) is 0 Å². The first-order chi connectivity index (χ1) is 7.25. The lowest BCUT2D eigenvalue weighted by atomic mass is 10.4. The molecular formula is C11H8BrClS2. The van der Waals surface area contributed by atoms with Crippen LogP contribution in [0, 0.1) is 0 Å². The largest absolute Gasteiger partial charge is 0.132 e. The molecule has 0 unspecified atom stereocenters. The molecule has 0 fully saturated rings. The van der Waals surface area contributed by atoms with Crippen molar-refractivity contribution in [3.8, 4) is 0 Å². The zero-order valence-electron chi connectivity index (χ0n) is 7.74. The summed E-state index contributed by atoms with van der Waals surface area (Å²) in [6.07, 6.45) is 0. The first-order valence-electron chi connectivity index (χ1n) is 4.37. The van der Waals surface area contributed by atoms with Crippen molar-refractivity contribution in [3.05, 3.63) is 50.1 Å². The number of hydrogen-bond acceptors (Lipinski definition) is 2. The topological polar surface area (TPSA) is 0 Å². The van der Waals surface area contributed by atoms with Crippen molar-refractivity contribution >= 4 is 50.6 Å². The summed E-state index contributed by atoms with van der Waals surface area (Å²) in [5, 5.41) is 0.832. The van der Waals surface area contributed by atoms with Crippen LogP contribution >= 0.6 is 50.6 Å². The molecule has 0 aliphatic rings. The predicted molar refractivity (Wildman–Crippen MR) is 73.0 cm³/mol. The van der Waals surface area contributed by atoms with Crippen molar-refractivity contribution in [1.29, 1.82) is 0 Å². The van der Waals surface area contributed by atoms with Gasteiger partial charge in [-0.05, 0) is 40.2 Å². The summed E-state index contributed by atoms with van der Waals surface area (Å²) in [5.41, 5.74) is 0. The molecule has 0 aliphatic carbocycles. The van der Waals surface area contributed by atoms with E-state index in [1.165, 1.54) is 8.66 Å². The van der Waals surface area contributed by atoms with Gasteiger partial charge in [-0.2, -0.15) is 0 Å². The van der Waals surface area contributed by atoms with Crippen LogP contribution in [0.5, 0.6) is 0 Å². The molecule has 1 aromatic heterocycles. The Morgan fingerprint density at radius 3 is 2.67 bits per heavy atom. The lowest BCUT2D eigenvalue weighted by Crippen LogP contribution is -1.75. The molecule has 0 spiro atoms. The number of thiophene rings is 1. The molecule has 78 valence electrons. The number of rotatable bonds is 3. The Hall–Kier alpha value is 0.0400. The fraction of sp³-hybridized carbons (Fsp3) is 0.0909. The zero-order valence-corrected chi connectivity index (χ0v) is 11.7. The first kappa shape index (κ1) is 11.5. The van der Waals surface area contributed by atoms with Gasteiger partial charge in [-0.1, -0.05) is 23.7 Å². The van der Waals surface area contributed by atoms with Gasteiger partial charge in [0.25, 0.3) is 0 Å². The molecule has 0 bridgehead atoms. The Bertz CT molecular complexity index is 453. The normalized spacial score (nSPS) is 10.5. The minimum absolute atomic E-state index is 0.832. The Kier molecular flexibility index (Phi) is 4.14. The van der Waals surface area contributed by atoms with Crippen LogP contribution in [0.1, 0.15) is 4.88 Å². The average molecular weight is 320 g/mol. The average Bonchev–Trinajstić information content (AvgIpc) is 2.63. The Labute approximate surface area is 111 Å². The number of hydrogen-bond donors (Lipinski definition) is 0. The molecule has 0 aliphatic heterocycles. The molecule has 0 N–H and O–H groups in total. The highest BCUT2D eigenvalue weighted by molar-refractivity contribution is 9.11. The molecule has 2 rings (SSSR count). The SMILES string of the molecule is Clc1ccccc1SCc1ccc(Br)s1. The van der Waals surface area contributed by atoms with E-state index in [2.05, 4.69) is 34.1 Å². The molecular weight excluding hydrogens is 312 g/mol. The predicted octanol–water partition coefficient (Wildman–Crippen LogP) is 5.46. The zero-order chi connectivity index (χ0) is 10.7. The third-order valence-corrected chi connectivity index (χ3v) is 5.21. The highest BCUT2D eigenvalue weighted by Crippen LogP contribution is 2.32. The summed E-state index contributed by atoms with van der Waals surface area (Å²) in [7, 11) is 0. The quantitative estimate of drug-likeness (QED) is 0.677. The van der Waals surface area contributed by atoms with E-state index in [0.29, 0.717) is 0 Å². The minimum Gasteiger partial charge on any atom is -0.132 e. The number of thioether (sulfide) groups is 1. The highest BCUT2D eigenvalue weighted by atomic mass is 79.9. The fourth-order valence-electron chi connectivity index (χ4n) is 1.14. The molecule has 1 heterocycles. The molecule has 0 radical (unpaired) electrons. The van der Waals surface area contributed by atoms with Gasteiger partial charge in [0.05, 0.1) is 8.81 Å². The second-order valence-electron chi connectivity index (χ2n) is 2.92. The van der Waals surface area contributed by atoms with E-state index in [1.54, 1.807) is 23.1 Å². The summed E-state index contributed by atoms with van der Waals surface area (Å²) >= 11 is 13.1. The highest BCUT2D eigenvalue weighted by Gasteiger charge is 2.02. The van der Waals surface area contributed by atoms with Gasteiger partial charge in [-0.3, -0.25) is 0 Å². The molecule has 0 saturated heterocycles. The summed E-state index contributed by atoms with van der Waals surface area (Å²) < 4.78 is 1.18. The van der Waals surface area contributed by atoms with Gasteiger partial charge in [0.1, 0.15) is 0 Å². The molecule has 0 nitrogen and oxygen atoms in total. The number of benzene rings is 1. The van der Waals surface area contributed by atoms with Gasteiger partial charge in [0, 0.05) is 15.5 Å². The fourth-order valence-corrected chi connectivity index (χ4v) is 3.91. The molecule has 0 amide bonds. The van der Waals surface area contributed by atoms with Gasteiger partial charge in [0.2, 0.25) is 0 Å². The van der Waals surface area contributed by atoms with E-state index in [4.69, 9.17) is 11.6 Å². The smallest absolute Gasteiger partial charge is 0.0701 e. The van der Waals surface area contributed by atoms with Gasteiger partial charge in [-0.15, -0.1) is 23.1 Å². The molecule has 0 atom stereocenters. The van der Waals surface area contributed by atoms with E-state index < -0.39 is 0 Å². The van der Waals surface area contributed by atoms with Crippen molar-refractivity contribution in [2.45, 2.75) is 10.6 Å². The van der Waals surface area contributed by atoms with E-state index in [9.17, 15) is 0 Å². The van der Waals surface area contributed by atoms with Crippen molar-refractivity contribution in [2.24, 2.45) is 0 Å². The Morgan fingerprint density at radius 2 is 2.00 bits per heavy atom. The van der Waals surface area contributed by atoms with Crippen LogP contribution in [0.4, 0.5) is 0 Å². The second kappa shape index (κ2) is 5.39. The third-order valence-electron chi connectivity index (χ3n) is 1.84. The van der Waals surface area contributed by atoms with Crippen molar-refractivity contribution in [1.82, 2.24) is 0 Å². The van der Waals surface area contributed by atoms with Gasteiger partial charge < -0.3 is 0 Å². The maximum Gasteiger partial charge on any atom is 0.0701 e. The van der Waals surface area contributed by atoms with Crippen LogP contribution in [-0.4, -0.2) is 0 Å². The lowest BCUT2D eigenvalue weighted by Gasteiger charge is -2.01. The number of halogens is 2. The maximum absolute atomic E-state index is 6.07. The molecule has 4 heteroatoms. The van der Waals surface area contributed by atoms with Crippen LogP contribution in [-0.2, 0) is 5.75 Å². The van der Waals surface area contributed by atoms with Crippen LogP contribution < -0.4 is 0 Å². The standard InChI is InChI=1S/C11H8BrClS2/c12-11-6-5-8(15-11)7-14-10-4-2-1-3-9(10)13/h1-6H,7H2. The molecule has 1 aromatic carbocycles. The Balaban J connectivity index is 2.02. The van der Waals surface area contributed by atoms with Gasteiger partial charge in [0.15, 0.2) is 0 Å². The minimum atomic E-state index is 0.832. The summed E-state index contributed by atoms with van der Waals surface area (Å²) in [6, 6.07) is 12.2. The summed E-state index contributed by atoms with van der Waals surface area (Å²) in [4.78, 5) is 2.50. The van der Waals surface area contributed by atoms with Crippen molar-refractivity contribution in [3.63, 3.8) is 0 Å². The maximum atomic E-state index is 6.07. The van der Waals surface area contributed by atoms with E-state index in [1.807, 2.05) is 18.2 Å².